The first-order valence-corrected chi connectivity index (χ1v) is 9.99. The topological polar surface area (TPSA) is 72.5 Å². The fourth-order valence-electron chi connectivity index (χ4n) is 1.82. The number of benzene rings is 1. The van der Waals surface area contributed by atoms with Crippen LogP contribution in [0.15, 0.2) is 33.5 Å². The zero-order chi connectivity index (χ0) is 15.5. The zero-order valence-electron chi connectivity index (χ0n) is 12.0. The molecule has 114 valence electrons. The molecule has 0 aliphatic rings. The Hall–Kier alpha value is -0.890. The van der Waals surface area contributed by atoms with Gasteiger partial charge in [0.2, 0.25) is 10.0 Å². The van der Waals surface area contributed by atoms with Crippen LogP contribution in [0.25, 0.3) is 10.1 Å². The van der Waals surface area contributed by atoms with E-state index in [9.17, 15) is 8.42 Å². The van der Waals surface area contributed by atoms with Gasteiger partial charge in [-0.15, -0.1) is 11.3 Å². The van der Waals surface area contributed by atoms with Gasteiger partial charge in [-0.25, -0.2) is 13.6 Å². The summed E-state index contributed by atoms with van der Waals surface area (Å²) in [7, 11) is -3.61. The first-order chi connectivity index (χ1) is 9.86. The quantitative estimate of drug-likeness (QED) is 0.647. The molecule has 0 unspecified atom stereocenters. The molecular weight excluding hydrogens is 324 g/mol. The number of nitrogens with zero attached hydrogens (tertiary/aromatic N) is 1. The lowest BCUT2D eigenvalue weighted by atomic mass is 10.2. The Morgan fingerprint density at radius 2 is 2.10 bits per heavy atom. The number of thiophene rings is 1. The van der Waals surface area contributed by atoms with Crippen LogP contribution in [0.4, 0.5) is 0 Å². The molecule has 0 radical (unpaired) electrons. The third-order valence-corrected chi connectivity index (χ3v) is 6.32. The maximum Gasteiger partial charge on any atom is 0.247 e. The molecule has 0 spiro atoms. The van der Waals surface area contributed by atoms with Crippen LogP contribution in [0.3, 0.4) is 0 Å². The fourth-order valence-corrected chi connectivity index (χ4v) is 4.40. The summed E-state index contributed by atoms with van der Waals surface area (Å²) in [4.78, 5) is 4.35. The second kappa shape index (κ2) is 6.91. The van der Waals surface area contributed by atoms with Gasteiger partial charge in [0, 0.05) is 28.5 Å². The van der Waals surface area contributed by atoms with Crippen LogP contribution in [0.2, 0.25) is 0 Å². The first-order valence-electron chi connectivity index (χ1n) is 6.47. The largest absolute Gasteiger partial charge is 0.294 e. The van der Waals surface area contributed by atoms with Gasteiger partial charge in [-0.2, -0.15) is 11.8 Å². The van der Waals surface area contributed by atoms with Crippen molar-refractivity contribution in [2.75, 3.05) is 12.3 Å². The van der Waals surface area contributed by atoms with E-state index in [0.717, 1.165) is 33.8 Å². The van der Waals surface area contributed by atoms with Gasteiger partial charge in [-0.05, 0) is 43.0 Å². The van der Waals surface area contributed by atoms with Crippen molar-refractivity contribution >= 4 is 48.9 Å². The minimum absolute atomic E-state index is 0.218. The van der Waals surface area contributed by atoms with Crippen LogP contribution < -0.4 is 5.14 Å². The van der Waals surface area contributed by atoms with Crippen LogP contribution in [-0.2, 0) is 15.8 Å². The van der Waals surface area contributed by atoms with Gasteiger partial charge in [0.1, 0.15) is 4.21 Å². The smallest absolute Gasteiger partial charge is 0.247 e. The van der Waals surface area contributed by atoms with Crippen LogP contribution in [-0.4, -0.2) is 26.4 Å². The third kappa shape index (κ3) is 4.81. The number of rotatable bonds is 6. The minimum atomic E-state index is -3.61. The molecule has 4 nitrogen and oxygen atoms in total. The number of nitrogens with two attached hydrogens (primary N) is 1. The summed E-state index contributed by atoms with van der Waals surface area (Å²) in [6.45, 7) is 4.83. The first kappa shape index (κ1) is 16.5. The molecule has 1 aromatic carbocycles. The number of fused-ring (bicyclic) bond motifs is 1. The van der Waals surface area contributed by atoms with Gasteiger partial charge >= 0.3 is 0 Å². The molecule has 2 N–H and O–H groups in total. The lowest BCUT2D eigenvalue weighted by Crippen LogP contribution is -2.09. The molecule has 0 saturated carbocycles. The van der Waals surface area contributed by atoms with Crippen LogP contribution in [0.1, 0.15) is 19.4 Å². The molecule has 0 bridgehead atoms. The molecule has 0 amide bonds. The van der Waals surface area contributed by atoms with E-state index < -0.39 is 10.0 Å². The van der Waals surface area contributed by atoms with E-state index >= 15 is 0 Å². The normalized spacial score (nSPS) is 11.8. The second-order valence-electron chi connectivity index (χ2n) is 4.86. The zero-order valence-corrected chi connectivity index (χ0v) is 14.4. The van der Waals surface area contributed by atoms with Crippen molar-refractivity contribution < 1.29 is 8.42 Å². The van der Waals surface area contributed by atoms with Crippen molar-refractivity contribution in [1.82, 2.24) is 0 Å². The highest BCUT2D eigenvalue weighted by Crippen LogP contribution is 2.29. The van der Waals surface area contributed by atoms with E-state index in [1.54, 1.807) is 6.07 Å². The van der Waals surface area contributed by atoms with Crippen molar-refractivity contribution in [2.24, 2.45) is 10.1 Å². The van der Waals surface area contributed by atoms with E-state index in [-0.39, 0.29) is 4.21 Å². The summed E-state index contributed by atoms with van der Waals surface area (Å²) in [5.41, 5.74) is 2.29. The Morgan fingerprint density at radius 1 is 1.33 bits per heavy atom. The molecular formula is C14H18N2O2S3. The number of thioether (sulfide) groups is 1. The number of hydrogen-bond donors (Lipinski definition) is 1. The molecule has 0 fully saturated rings. The Kier molecular flexibility index (Phi) is 5.43. The predicted molar refractivity (Wildman–Crippen MR) is 93.0 cm³/mol. The molecule has 0 aliphatic carbocycles. The van der Waals surface area contributed by atoms with E-state index in [4.69, 9.17) is 5.14 Å². The average molecular weight is 343 g/mol. The van der Waals surface area contributed by atoms with Gasteiger partial charge < -0.3 is 0 Å². The maximum absolute atomic E-state index is 11.4. The van der Waals surface area contributed by atoms with Crippen molar-refractivity contribution in [3.8, 4) is 0 Å². The molecule has 1 heterocycles. The molecule has 0 saturated heterocycles. The van der Waals surface area contributed by atoms with Gasteiger partial charge in [0.05, 0.1) is 0 Å². The van der Waals surface area contributed by atoms with Crippen molar-refractivity contribution in [3.63, 3.8) is 0 Å². The molecule has 0 aliphatic heterocycles. The van der Waals surface area contributed by atoms with E-state index in [1.165, 1.54) is 16.9 Å². The Labute approximate surface area is 133 Å². The number of hydrogen-bond acceptors (Lipinski definition) is 5. The summed E-state index contributed by atoms with van der Waals surface area (Å²) in [5.74, 6) is 1.88. The average Bonchev–Trinajstić information content (AvgIpc) is 2.81. The minimum Gasteiger partial charge on any atom is -0.294 e. The lowest BCUT2D eigenvalue weighted by Gasteiger charge is -2.01. The molecule has 21 heavy (non-hydrogen) atoms. The summed E-state index contributed by atoms with van der Waals surface area (Å²) >= 11 is 3.03. The van der Waals surface area contributed by atoms with Gasteiger partial charge in [-0.3, -0.25) is 4.99 Å². The van der Waals surface area contributed by atoms with Gasteiger partial charge in [0.15, 0.2) is 0 Å². The molecule has 2 rings (SSSR count). The Balaban J connectivity index is 2.04. The highest BCUT2D eigenvalue weighted by atomic mass is 32.2. The lowest BCUT2D eigenvalue weighted by molar-refractivity contribution is 0.600. The van der Waals surface area contributed by atoms with Gasteiger partial charge in [0.25, 0.3) is 0 Å². The number of primary sulfonamides is 1. The fraction of sp³-hybridized carbons (Fsp3) is 0.357. The number of sulfonamides is 1. The molecule has 2 aromatic rings. The van der Waals surface area contributed by atoms with Crippen LogP contribution >= 0.6 is 23.1 Å². The highest BCUT2D eigenvalue weighted by Gasteiger charge is 2.12. The van der Waals surface area contributed by atoms with Crippen LogP contribution in [0, 0.1) is 0 Å². The summed E-state index contributed by atoms with van der Waals surface area (Å²) in [5, 5.41) is 6.10. The van der Waals surface area contributed by atoms with E-state index in [0.29, 0.717) is 0 Å². The number of aliphatic imine (C=N–C) groups is 1. The molecule has 1 aromatic heterocycles. The van der Waals surface area contributed by atoms with E-state index in [2.05, 4.69) is 4.99 Å². The standard InChI is InChI=1S/C14H18N2O2S3/c1-10(2)16-5-6-19-9-11-3-4-13-12(7-11)8-14(20-13)21(15,17)18/h3-4,7-8H,5-6,9H2,1-2H3,(H2,15,17,18). The Morgan fingerprint density at radius 3 is 2.76 bits per heavy atom. The molecule has 0 atom stereocenters. The predicted octanol–water partition coefficient (Wildman–Crippen LogP) is 3.26. The van der Waals surface area contributed by atoms with Crippen molar-refractivity contribution in [2.45, 2.75) is 23.8 Å². The second-order valence-corrected chi connectivity index (χ2v) is 8.84. The molecule has 7 heteroatoms. The van der Waals surface area contributed by atoms with Crippen molar-refractivity contribution in [3.05, 3.63) is 29.8 Å². The van der Waals surface area contributed by atoms with Gasteiger partial charge in [-0.1, -0.05) is 6.07 Å². The van der Waals surface area contributed by atoms with Crippen molar-refractivity contribution in [1.29, 1.82) is 0 Å². The third-order valence-electron chi connectivity index (χ3n) is 2.77. The summed E-state index contributed by atoms with van der Waals surface area (Å²) in [6, 6.07) is 7.67. The Bertz CT molecular complexity index is 760. The monoisotopic (exact) mass is 342 g/mol. The summed E-state index contributed by atoms with van der Waals surface area (Å²) < 4.78 is 23.9. The highest BCUT2D eigenvalue weighted by molar-refractivity contribution is 7.98. The SMILES string of the molecule is CC(C)=NCCSCc1ccc2sc(S(N)(=O)=O)cc2c1. The van der Waals surface area contributed by atoms with E-state index in [1.807, 2.05) is 43.8 Å². The summed E-state index contributed by atoms with van der Waals surface area (Å²) in [6.07, 6.45) is 0. The van der Waals surface area contributed by atoms with Crippen LogP contribution in [0.5, 0.6) is 0 Å². The maximum atomic E-state index is 11.4.